The van der Waals surface area contributed by atoms with Crippen molar-refractivity contribution in [2.45, 2.75) is 85.1 Å². The average Bonchev–Trinajstić information content (AvgIpc) is 2.42. The van der Waals surface area contributed by atoms with Crippen molar-refractivity contribution in [2.24, 2.45) is 17.6 Å². The lowest BCUT2D eigenvalue weighted by atomic mass is 9.90. The minimum Gasteiger partial charge on any atom is -0.460 e. The van der Waals surface area contributed by atoms with E-state index in [-0.39, 0.29) is 24.2 Å². The van der Waals surface area contributed by atoms with Gasteiger partial charge in [0.05, 0.1) is 24.6 Å². The third-order valence-corrected chi connectivity index (χ3v) is 4.22. The van der Waals surface area contributed by atoms with Crippen molar-refractivity contribution < 1.29 is 19.4 Å². The van der Waals surface area contributed by atoms with Gasteiger partial charge in [0, 0.05) is 7.05 Å². The Morgan fingerprint density at radius 3 is 2.08 bits per heavy atom. The number of carbonyl (C=O) groups excluding carboxylic acids is 2. The van der Waals surface area contributed by atoms with Gasteiger partial charge in [0.25, 0.3) is 0 Å². The van der Waals surface area contributed by atoms with Gasteiger partial charge in [0.2, 0.25) is 5.91 Å². The lowest BCUT2D eigenvalue weighted by Gasteiger charge is -2.37. The van der Waals surface area contributed by atoms with Gasteiger partial charge in [-0.3, -0.25) is 9.59 Å². The van der Waals surface area contributed by atoms with Crippen molar-refractivity contribution in [3.63, 3.8) is 0 Å². The minimum absolute atomic E-state index is 0.000492. The van der Waals surface area contributed by atoms with Crippen LogP contribution in [0.25, 0.3) is 0 Å². The fourth-order valence-corrected chi connectivity index (χ4v) is 2.60. The van der Waals surface area contributed by atoms with Gasteiger partial charge in [-0.1, -0.05) is 34.1 Å². The molecule has 4 atom stereocenters. The Kier molecular flexibility index (Phi) is 8.93. The first-order chi connectivity index (χ1) is 10.8. The summed E-state index contributed by atoms with van der Waals surface area (Å²) in [6, 6.07) is -1.12. The normalized spacial score (nSPS) is 17.1. The quantitative estimate of drug-likeness (QED) is 0.656. The Morgan fingerprint density at radius 2 is 1.71 bits per heavy atom. The number of nitrogens with two attached hydrogens (primary N) is 1. The topological polar surface area (TPSA) is 92.9 Å². The van der Waals surface area contributed by atoms with Crippen LogP contribution in [-0.4, -0.2) is 52.7 Å². The van der Waals surface area contributed by atoms with E-state index in [2.05, 4.69) is 0 Å². The van der Waals surface area contributed by atoms with Gasteiger partial charge >= 0.3 is 5.97 Å². The number of aliphatic hydroxyl groups excluding tert-OH is 1. The molecule has 0 unspecified atom stereocenters. The molecule has 142 valence electrons. The molecule has 0 aliphatic rings. The van der Waals surface area contributed by atoms with Crippen LogP contribution in [0.1, 0.15) is 61.3 Å². The number of ether oxygens (including phenoxy) is 1. The van der Waals surface area contributed by atoms with Crippen LogP contribution in [0.4, 0.5) is 0 Å². The van der Waals surface area contributed by atoms with Crippen LogP contribution in [0.15, 0.2) is 0 Å². The molecule has 0 fully saturated rings. The largest absolute Gasteiger partial charge is 0.460 e. The molecule has 24 heavy (non-hydrogen) atoms. The molecule has 1 amide bonds. The van der Waals surface area contributed by atoms with E-state index in [0.29, 0.717) is 0 Å². The van der Waals surface area contributed by atoms with Crippen LogP contribution in [0.5, 0.6) is 0 Å². The van der Waals surface area contributed by atoms with Gasteiger partial charge in [-0.15, -0.1) is 0 Å². The minimum atomic E-state index is -0.997. The van der Waals surface area contributed by atoms with E-state index in [1.807, 2.05) is 27.7 Å². The predicted molar refractivity (Wildman–Crippen MR) is 95.3 cm³/mol. The summed E-state index contributed by atoms with van der Waals surface area (Å²) in [6.07, 6.45) is -0.381. The molecular formula is C18H36N2O4. The standard InChI is InChI=1S/C18H36N2O4/c1-9-12(4)16(20(8)17(23)15(19)11(2)3)13(21)10-14(22)24-18(5,6)7/h11-13,15-16,21H,9-10,19H2,1-8H3/t12-,13+,15-,16-/m0/s1. The summed E-state index contributed by atoms with van der Waals surface area (Å²) in [5.41, 5.74) is 5.35. The zero-order valence-electron chi connectivity index (χ0n) is 16.5. The fourth-order valence-electron chi connectivity index (χ4n) is 2.60. The number of amides is 1. The summed E-state index contributed by atoms with van der Waals surface area (Å²) >= 11 is 0. The first-order valence-electron chi connectivity index (χ1n) is 8.73. The van der Waals surface area contributed by atoms with E-state index in [9.17, 15) is 14.7 Å². The Balaban J connectivity index is 5.18. The first kappa shape index (κ1) is 22.9. The molecule has 0 aliphatic carbocycles. The number of carbonyl (C=O) groups is 2. The number of rotatable bonds is 8. The molecule has 6 heteroatoms. The zero-order valence-corrected chi connectivity index (χ0v) is 16.5. The first-order valence-corrected chi connectivity index (χ1v) is 8.73. The molecule has 0 spiro atoms. The Bertz CT molecular complexity index is 418. The molecule has 0 rings (SSSR count). The molecule has 0 saturated carbocycles. The zero-order chi connectivity index (χ0) is 19.2. The molecule has 0 saturated heterocycles. The summed E-state index contributed by atoms with van der Waals surface area (Å²) < 4.78 is 5.27. The van der Waals surface area contributed by atoms with Crippen LogP contribution in [0.3, 0.4) is 0 Å². The van der Waals surface area contributed by atoms with Crippen LogP contribution in [-0.2, 0) is 14.3 Å². The summed E-state index contributed by atoms with van der Waals surface area (Å²) in [6.45, 7) is 13.0. The van der Waals surface area contributed by atoms with Crippen LogP contribution >= 0.6 is 0 Å². The maximum atomic E-state index is 12.5. The van der Waals surface area contributed by atoms with Crippen molar-refractivity contribution in [1.29, 1.82) is 0 Å². The highest BCUT2D eigenvalue weighted by molar-refractivity contribution is 5.82. The van der Waals surface area contributed by atoms with E-state index in [0.717, 1.165) is 6.42 Å². The number of hydrogen-bond donors (Lipinski definition) is 2. The molecule has 0 aromatic carbocycles. The highest BCUT2D eigenvalue weighted by Gasteiger charge is 2.35. The maximum Gasteiger partial charge on any atom is 0.309 e. The number of nitrogens with zero attached hydrogens (tertiary/aromatic N) is 1. The molecule has 0 heterocycles. The van der Waals surface area contributed by atoms with Gasteiger partial charge in [-0.2, -0.15) is 0 Å². The summed E-state index contributed by atoms with van der Waals surface area (Å²) in [4.78, 5) is 26.0. The van der Waals surface area contributed by atoms with Gasteiger partial charge < -0.3 is 20.5 Å². The van der Waals surface area contributed by atoms with Crippen molar-refractivity contribution >= 4 is 11.9 Å². The molecule has 3 N–H and O–H groups in total. The SMILES string of the molecule is CC[C@H](C)[C@@H]([C@H](O)CC(=O)OC(C)(C)C)N(C)C(=O)[C@@H](N)C(C)C. The maximum absolute atomic E-state index is 12.5. The van der Waals surface area contributed by atoms with Gasteiger partial charge in [0.15, 0.2) is 0 Å². The van der Waals surface area contributed by atoms with Crippen LogP contribution in [0, 0.1) is 11.8 Å². The average molecular weight is 344 g/mol. The number of esters is 1. The number of aliphatic hydroxyl groups is 1. The van der Waals surface area contributed by atoms with Crippen molar-refractivity contribution in [1.82, 2.24) is 4.90 Å². The predicted octanol–water partition coefficient (Wildman–Crippen LogP) is 1.94. The second kappa shape index (κ2) is 9.37. The Morgan fingerprint density at radius 1 is 1.21 bits per heavy atom. The number of hydrogen-bond acceptors (Lipinski definition) is 5. The fraction of sp³-hybridized carbons (Fsp3) is 0.889. The molecule has 0 aromatic heterocycles. The summed E-state index contributed by atoms with van der Waals surface area (Å²) in [5, 5.41) is 10.6. The van der Waals surface area contributed by atoms with Crippen LogP contribution < -0.4 is 5.73 Å². The lowest BCUT2D eigenvalue weighted by molar-refractivity contribution is -0.159. The second-order valence-electron chi connectivity index (χ2n) is 7.95. The second-order valence-corrected chi connectivity index (χ2v) is 7.95. The van der Waals surface area contributed by atoms with Gasteiger partial charge in [0.1, 0.15) is 5.60 Å². The summed E-state index contributed by atoms with van der Waals surface area (Å²) in [5.74, 6) is -0.674. The molecule has 0 bridgehead atoms. The van der Waals surface area contributed by atoms with E-state index in [1.54, 1.807) is 27.8 Å². The van der Waals surface area contributed by atoms with Gasteiger partial charge in [-0.05, 0) is 32.6 Å². The monoisotopic (exact) mass is 344 g/mol. The van der Waals surface area contributed by atoms with E-state index >= 15 is 0 Å². The smallest absolute Gasteiger partial charge is 0.309 e. The Hall–Kier alpha value is -1.14. The third kappa shape index (κ3) is 7.18. The van der Waals surface area contributed by atoms with E-state index < -0.39 is 29.8 Å². The summed E-state index contributed by atoms with van der Waals surface area (Å²) in [7, 11) is 1.64. The van der Waals surface area contributed by atoms with E-state index in [4.69, 9.17) is 10.5 Å². The number of likely N-dealkylation sites (N-methyl/N-ethyl adjacent to an activating group) is 1. The molecule has 0 aliphatic heterocycles. The highest BCUT2D eigenvalue weighted by Crippen LogP contribution is 2.22. The third-order valence-electron chi connectivity index (χ3n) is 4.22. The lowest BCUT2D eigenvalue weighted by Crippen LogP contribution is -2.54. The highest BCUT2D eigenvalue weighted by atomic mass is 16.6. The molecule has 0 aromatic rings. The molecular weight excluding hydrogens is 308 g/mol. The Labute approximate surface area is 146 Å². The van der Waals surface area contributed by atoms with E-state index in [1.165, 1.54) is 4.90 Å². The van der Waals surface area contributed by atoms with Crippen LogP contribution in [0.2, 0.25) is 0 Å². The molecule has 0 radical (unpaired) electrons. The van der Waals surface area contributed by atoms with Crippen molar-refractivity contribution in [3.8, 4) is 0 Å². The molecule has 6 nitrogen and oxygen atoms in total. The van der Waals surface area contributed by atoms with Gasteiger partial charge in [-0.25, -0.2) is 0 Å². The van der Waals surface area contributed by atoms with Crippen molar-refractivity contribution in [3.05, 3.63) is 0 Å². The van der Waals surface area contributed by atoms with Crippen molar-refractivity contribution in [2.75, 3.05) is 7.05 Å².